The predicted molar refractivity (Wildman–Crippen MR) is 120 cm³/mol. The van der Waals surface area contributed by atoms with Crippen LogP contribution in [0.25, 0.3) is 0 Å². The largest absolute Gasteiger partial charge is 0.497 e. The summed E-state index contributed by atoms with van der Waals surface area (Å²) in [6, 6.07) is 8.05. The normalized spacial score (nSPS) is 16.2. The Bertz CT molecular complexity index is 912. The molecule has 31 heavy (non-hydrogen) atoms. The van der Waals surface area contributed by atoms with Gasteiger partial charge >= 0.3 is 0 Å². The van der Waals surface area contributed by atoms with Gasteiger partial charge in [0.15, 0.2) is 0 Å². The van der Waals surface area contributed by atoms with Crippen molar-refractivity contribution in [2.24, 2.45) is 0 Å². The first-order chi connectivity index (χ1) is 15.2. The maximum atomic E-state index is 12.7. The highest BCUT2D eigenvalue weighted by Gasteiger charge is 2.28. The molecular formula is C24H32N4O3. The molecule has 2 aromatic rings. The van der Waals surface area contributed by atoms with Gasteiger partial charge in [0.1, 0.15) is 17.4 Å². The summed E-state index contributed by atoms with van der Waals surface area (Å²) < 4.78 is 10.9. The van der Waals surface area contributed by atoms with Crippen molar-refractivity contribution in [2.45, 2.75) is 45.6 Å². The summed E-state index contributed by atoms with van der Waals surface area (Å²) in [4.78, 5) is 26.9. The van der Waals surface area contributed by atoms with E-state index in [0.717, 1.165) is 73.1 Å². The van der Waals surface area contributed by atoms with Crippen LogP contribution in [0.3, 0.4) is 0 Å². The summed E-state index contributed by atoms with van der Waals surface area (Å²) in [6.45, 7) is 6.47. The second-order valence-corrected chi connectivity index (χ2v) is 8.19. The number of carbonyl (C=O) groups is 1. The third kappa shape index (κ3) is 5.15. The maximum absolute atomic E-state index is 12.7. The third-order valence-corrected chi connectivity index (χ3v) is 5.99. The van der Waals surface area contributed by atoms with E-state index in [1.54, 1.807) is 7.11 Å². The number of rotatable bonds is 7. The third-order valence-electron chi connectivity index (χ3n) is 5.99. The van der Waals surface area contributed by atoms with E-state index in [-0.39, 0.29) is 5.91 Å². The number of morpholine rings is 1. The lowest BCUT2D eigenvalue weighted by Crippen LogP contribution is -2.41. The number of hydrogen-bond donors (Lipinski definition) is 0. The molecule has 0 bridgehead atoms. The van der Waals surface area contributed by atoms with Crippen molar-refractivity contribution < 1.29 is 14.3 Å². The topological polar surface area (TPSA) is 67.8 Å². The fourth-order valence-electron chi connectivity index (χ4n) is 4.23. The van der Waals surface area contributed by atoms with Crippen LogP contribution in [0, 0.1) is 0 Å². The van der Waals surface area contributed by atoms with Crippen molar-refractivity contribution >= 4 is 11.7 Å². The molecule has 2 aliphatic heterocycles. The van der Waals surface area contributed by atoms with E-state index in [2.05, 4.69) is 17.9 Å². The van der Waals surface area contributed by atoms with Crippen LogP contribution in [0.5, 0.6) is 5.75 Å². The number of carbonyl (C=O) groups excluding carboxylic acids is 1. The molecule has 1 fully saturated rings. The lowest BCUT2D eigenvalue weighted by atomic mass is 10.0. The molecule has 166 valence electrons. The summed E-state index contributed by atoms with van der Waals surface area (Å²) in [5.41, 5.74) is 3.31. The van der Waals surface area contributed by atoms with Gasteiger partial charge in [0, 0.05) is 44.5 Å². The number of hydrogen-bond acceptors (Lipinski definition) is 6. The van der Waals surface area contributed by atoms with Crippen LogP contribution in [0.1, 0.15) is 48.8 Å². The fourth-order valence-corrected chi connectivity index (χ4v) is 4.23. The zero-order valence-electron chi connectivity index (χ0n) is 18.6. The van der Waals surface area contributed by atoms with Gasteiger partial charge in [-0.15, -0.1) is 0 Å². The zero-order valence-corrected chi connectivity index (χ0v) is 18.6. The molecule has 4 rings (SSSR count). The Kier molecular flexibility index (Phi) is 7.02. The number of benzene rings is 1. The van der Waals surface area contributed by atoms with Crippen LogP contribution in [0.2, 0.25) is 0 Å². The molecule has 0 spiro atoms. The molecule has 0 radical (unpaired) electrons. The first-order valence-electron chi connectivity index (χ1n) is 11.3. The maximum Gasteiger partial charge on any atom is 0.222 e. The molecule has 1 amide bonds. The minimum absolute atomic E-state index is 0.237. The van der Waals surface area contributed by atoms with E-state index in [9.17, 15) is 4.79 Å². The molecule has 1 saturated heterocycles. The van der Waals surface area contributed by atoms with Gasteiger partial charge in [-0.1, -0.05) is 25.5 Å². The summed E-state index contributed by atoms with van der Waals surface area (Å²) in [6.07, 6.45) is 4.02. The van der Waals surface area contributed by atoms with E-state index in [4.69, 9.17) is 19.4 Å². The van der Waals surface area contributed by atoms with Crippen molar-refractivity contribution in [3.05, 3.63) is 46.9 Å². The molecule has 7 heteroatoms. The summed E-state index contributed by atoms with van der Waals surface area (Å²) in [5.74, 6) is 2.87. The van der Waals surface area contributed by atoms with Gasteiger partial charge in [-0.2, -0.15) is 0 Å². The van der Waals surface area contributed by atoms with Gasteiger partial charge in [-0.25, -0.2) is 9.97 Å². The summed E-state index contributed by atoms with van der Waals surface area (Å²) in [5, 5.41) is 0. The minimum atomic E-state index is 0.237. The van der Waals surface area contributed by atoms with Gasteiger partial charge < -0.3 is 19.3 Å². The van der Waals surface area contributed by atoms with Gasteiger partial charge in [0.25, 0.3) is 0 Å². The monoisotopic (exact) mass is 424 g/mol. The van der Waals surface area contributed by atoms with Crippen LogP contribution in [0.4, 0.5) is 5.82 Å². The molecule has 2 aliphatic rings. The molecule has 0 unspecified atom stereocenters. The number of fused-ring (bicyclic) bond motifs is 1. The average Bonchev–Trinajstić information content (AvgIpc) is 2.82. The molecule has 7 nitrogen and oxygen atoms in total. The van der Waals surface area contributed by atoms with Gasteiger partial charge in [0.2, 0.25) is 5.91 Å². The highest BCUT2D eigenvalue weighted by molar-refractivity contribution is 5.76. The Hall–Kier alpha value is -2.67. The fraction of sp³-hybridized carbons (Fsp3) is 0.542. The smallest absolute Gasteiger partial charge is 0.222 e. The van der Waals surface area contributed by atoms with Crippen LogP contribution in [-0.2, 0) is 28.9 Å². The van der Waals surface area contributed by atoms with E-state index in [1.165, 1.54) is 0 Å². The van der Waals surface area contributed by atoms with Crippen molar-refractivity contribution in [1.29, 1.82) is 0 Å². The second kappa shape index (κ2) is 10.1. The van der Waals surface area contributed by atoms with Crippen LogP contribution in [0.15, 0.2) is 24.3 Å². The molecular weight excluding hydrogens is 392 g/mol. The van der Waals surface area contributed by atoms with Gasteiger partial charge in [-0.05, 0) is 24.1 Å². The van der Waals surface area contributed by atoms with Crippen molar-refractivity contribution in [3.63, 3.8) is 0 Å². The van der Waals surface area contributed by atoms with Gasteiger partial charge in [0.05, 0.1) is 32.6 Å². The van der Waals surface area contributed by atoms with E-state index < -0.39 is 0 Å². The molecule has 0 saturated carbocycles. The highest BCUT2D eigenvalue weighted by Crippen LogP contribution is 2.29. The van der Waals surface area contributed by atoms with Crippen molar-refractivity contribution in [1.82, 2.24) is 14.9 Å². The Labute approximate surface area is 184 Å². The molecule has 0 N–H and O–H groups in total. The Morgan fingerprint density at radius 1 is 1.19 bits per heavy atom. The van der Waals surface area contributed by atoms with E-state index >= 15 is 0 Å². The molecule has 0 aliphatic carbocycles. The second-order valence-electron chi connectivity index (χ2n) is 8.19. The average molecular weight is 425 g/mol. The number of amides is 1. The number of aromatic nitrogens is 2. The SMILES string of the molecule is CCCCC(=O)N1CCc2nc(Cc3cccc(OC)c3)nc(N3CCOCC3)c2C1. The summed E-state index contributed by atoms with van der Waals surface area (Å²) in [7, 11) is 1.68. The molecule has 1 aromatic heterocycles. The lowest BCUT2D eigenvalue weighted by Gasteiger charge is -2.34. The Balaban J connectivity index is 1.63. The lowest BCUT2D eigenvalue weighted by molar-refractivity contribution is -0.132. The first-order valence-corrected chi connectivity index (χ1v) is 11.3. The highest BCUT2D eigenvalue weighted by atomic mass is 16.5. The number of anilines is 1. The standard InChI is InChI=1S/C24H32N4O3/c1-3-4-8-23(29)28-10-9-21-20(17-28)24(27-11-13-31-14-12-27)26-22(25-21)16-18-6-5-7-19(15-18)30-2/h5-7,15H,3-4,8-14,16-17H2,1-2H3. The minimum Gasteiger partial charge on any atom is -0.497 e. The predicted octanol–water partition coefficient (Wildman–Crippen LogP) is 2.99. The van der Waals surface area contributed by atoms with Crippen LogP contribution >= 0.6 is 0 Å². The number of nitrogens with zero attached hydrogens (tertiary/aromatic N) is 4. The Morgan fingerprint density at radius 2 is 2.03 bits per heavy atom. The number of ether oxygens (including phenoxy) is 2. The van der Waals surface area contributed by atoms with Crippen LogP contribution in [-0.4, -0.2) is 60.7 Å². The molecule has 0 atom stereocenters. The van der Waals surface area contributed by atoms with Crippen molar-refractivity contribution in [3.8, 4) is 5.75 Å². The zero-order chi connectivity index (χ0) is 21.6. The number of methoxy groups -OCH3 is 1. The Morgan fingerprint density at radius 3 is 2.81 bits per heavy atom. The quantitative estimate of drug-likeness (QED) is 0.681. The number of unbranched alkanes of at least 4 members (excludes halogenated alkanes) is 1. The van der Waals surface area contributed by atoms with E-state index in [1.807, 2.05) is 23.1 Å². The van der Waals surface area contributed by atoms with Gasteiger partial charge in [-0.3, -0.25) is 4.79 Å². The van der Waals surface area contributed by atoms with Crippen LogP contribution < -0.4 is 9.64 Å². The summed E-state index contributed by atoms with van der Waals surface area (Å²) >= 11 is 0. The molecule has 1 aromatic carbocycles. The van der Waals surface area contributed by atoms with Crippen molar-refractivity contribution in [2.75, 3.05) is 44.9 Å². The molecule has 3 heterocycles. The van der Waals surface area contributed by atoms with E-state index in [0.29, 0.717) is 32.6 Å². The first kappa shape index (κ1) is 21.6.